The Hall–Kier alpha value is -1.96. The number of imide groups is 1. The van der Waals surface area contributed by atoms with E-state index in [9.17, 15) is 14.4 Å². The van der Waals surface area contributed by atoms with E-state index in [-0.39, 0.29) is 36.6 Å². The van der Waals surface area contributed by atoms with Crippen molar-refractivity contribution in [1.29, 1.82) is 0 Å². The normalized spacial score (nSPS) is 25.2. The van der Waals surface area contributed by atoms with Crippen molar-refractivity contribution in [3.8, 4) is 0 Å². The van der Waals surface area contributed by atoms with Gasteiger partial charge in [0.05, 0.1) is 12.0 Å². The first-order valence-corrected chi connectivity index (χ1v) is 11.9. The number of carbonyl (C=O) groups is 3. The van der Waals surface area contributed by atoms with E-state index in [2.05, 4.69) is 4.90 Å². The molecule has 2 heterocycles. The van der Waals surface area contributed by atoms with Gasteiger partial charge >= 0.3 is 0 Å². The second-order valence-electron chi connectivity index (χ2n) is 9.14. The smallest absolute Gasteiger partial charge is 0.241 e. The third-order valence-corrected chi connectivity index (χ3v) is 7.55. The molecule has 8 heteroatoms. The van der Waals surface area contributed by atoms with Gasteiger partial charge in [0.25, 0.3) is 0 Å². The van der Waals surface area contributed by atoms with Crippen LogP contribution in [0.25, 0.3) is 0 Å². The molecule has 174 valence electrons. The van der Waals surface area contributed by atoms with Gasteiger partial charge in [-0.15, -0.1) is 0 Å². The summed E-state index contributed by atoms with van der Waals surface area (Å²) >= 11 is 6.53. The molecule has 1 aliphatic carbocycles. The summed E-state index contributed by atoms with van der Waals surface area (Å²) in [6.07, 6.45) is 3.70. The lowest BCUT2D eigenvalue weighted by Gasteiger charge is -2.37. The van der Waals surface area contributed by atoms with Crippen molar-refractivity contribution >= 4 is 29.3 Å². The van der Waals surface area contributed by atoms with Gasteiger partial charge in [-0.25, -0.2) is 0 Å². The van der Waals surface area contributed by atoms with Gasteiger partial charge in [-0.2, -0.15) is 0 Å². The van der Waals surface area contributed by atoms with Crippen LogP contribution in [0, 0.1) is 0 Å². The topological polar surface area (TPSA) is 70.2 Å². The predicted molar refractivity (Wildman–Crippen MR) is 121 cm³/mol. The van der Waals surface area contributed by atoms with E-state index < -0.39 is 5.41 Å². The molecule has 0 bridgehead atoms. The largest absolute Gasteiger partial charge is 0.383 e. The zero-order chi connectivity index (χ0) is 22.7. The Morgan fingerprint density at radius 3 is 2.47 bits per heavy atom. The molecule has 2 saturated heterocycles. The highest BCUT2D eigenvalue weighted by Gasteiger charge is 2.56. The van der Waals surface area contributed by atoms with Crippen molar-refractivity contribution in [2.24, 2.45) is 0 Å². The lowest BCUT2D eigenvalue weighted by Crippen LogP contribution is -2.51. The van der Waals surface area contributed by atoms with E-state index in [1.807, 2.05) is 11.0 Å². The highest BCUT2D eigenvalue weighted by molar-refractivity contribution is 6.32. The summed E-state index contributed by atoms with van der Waals surface area (Å²) in [7, 11) is 1.68. The average molecular weight is 462 g/mol. The van der Waals surface area contributed by atoms with E-state index in [1.165, 1.54) is 4.90 Å². The molecule has 0 N–H and O–H groups in total. The lowest BCUT2D eigenvalue weighted by molar-refractivity contribution is -0.145. The van der Waals surface area contributed by atoms with Crippen LogP contribution in [0.4, 0.5) is 0 Å². The molecule has 0 spiro atoms. The summed E-state index contributed by atoms with van der Waals surface area (Å²) in [5, 5.41) is 0.430. The number of amides is 3. The quantitative estimate of drug-likeness (QED) is 0.583. The zero-order valence-electron chi connectivity index (χ0n) is 18.7. The molecule has 2 aliphatic heterocycles. The summed E-state index contributed by atoms with van der Waals surface area (Å²) in [6, 6.07) is 7.09. The van der Waals surface area contributed by atoms with Gasteiger partial charge in [0, 0.05) is 63.7 Å². The number of hydrogen-bond donors (Lipinski definition) is 0. The van der Waals surface area contributed by atoms with E-state index in [1.54, 1.807) is 25.3 Å². The molecule has 1 atom stereocenters. The number of halogens is 1. The molecule has 3 fully saturated rings. The summed E-state index contributed by atoms with van der Waals surface area (Å²) in [4.78, 5) is 45.8. The van der Waals surface area contributed by atoms with Gasteiger partial charge in [0.1, 0.15) is 0 Å². The first-order valence-electron chi connectivity index (χ1n) is 11.6. The highest BCUT2D eigenvalue weighted by atomic mass is 35.5. The van der Waals surface area contributed by atoms with Crippen molar-refractivity contribution in [3.63, 3.8) is 0 Å². The lowest BCUT2D eigenvalue weighted by atomic mass is 9.75. The van der Waals surface area contributed by atoms with Crippen LogP contribution >= 0.6 is 11.6 Å². The van der Waals surface area contributed by atoms with Gasteiger partial charge in [-0.05, 0) is 24.5 Å². The van der Waals surface area contributed by atoms with Crippen LogP contribution in [0.5, 0.6) is 0 Å². The molecule has 3 aliphatic rings. The monoisotopic (exact) mass is 461 g/mol. The number of methoxy groups -OCH3 is 1. The SMILES string of the molecule is COCCN1CCN(C(=O)C[C@]2(c3ccccc3Cl)CC(=O)N(C3CCCC3)C2=O)CC1. The van der Waals surface area contributed by atoms with Crippen LogP contribution in [0.3, 0.4) is 0 Å². The van der Waals surface area contributed by atoms with Crippen molar-refractivity contribution in [2.45, 2.75) is 50.0 Å². The molecule has 32 heavy (non-hydrogen) atoms. The minimum Gasteiger partial charge on any atom is -0.383 e. The number of ether oxygens (including phenoxy) is 1. The van der Waals surface area contributed by atoms with Crippen LogP contribution in [-0.4, -0.2) is 84.9 Å². The molecule has 1 saturated carbocycles. The zero-order valence-corrected chi connectivity index (χ0v) is 19.5. The molecule has 0 radical (unpaired) electrons. The molecular formula is C24H32ClN3O4. The second kappa shape index (κ2) is 9.89. The molecule has 3 amide bonds. The Labute approximate surface area is 194 Å². The first-order chi connectivity index (χ1) is 15.5. The van der Waals surface area contributed by atoms with Crippen LogP contribution in [-0.2, 0) is 24.5 Å². The van der Waals surface area contributed by atoms with Crippen LogP contribution < -0.4 is 0 Å². The molecule has 4 rings (SSSR count). The number of nitrogens with zero attached hydrogens (tertiary/aromatic N) is 3. The fourth-order valence-electron chi connectivity index (χ4n) is 5.40. The fourth-order valence-corrected chi connectivity index (χ4v) is 5.72. The van der Waals surface area contributed by atoms with Crippen molar-refractivity contribution in [2.75, 3.05) is 46.4 Å². The fraction of sp³-hybridized carbons (Fsp3) is 0.625. The molecule has 0 aromatic heterocycles. The van der Waals surface area contributed by atoms with Gasteiger partial charge in [-0.3, -0.25) is 24.2 Å². The van der Waals surface area contributed by atoms with Crippen LogP contribution in [0.15, 0.2) is 24.3 Å². The Bertz CT molecular complexity index is 865. The Kier molecular flexibility index (Phi) is 7.17. The highest BCUT2D eigenvalue weighted by Crippen LogP contribution is 2.45. The number of rotatable bonds is 7. The van der Waals surface area contributed by atoms with Gasteiger partial charge in [-0.1, -0.05) is 42.6 Å². The number of hydrogen-bond acceptors (Lipinski definition) is 5. The Morgan fingerprint density at radius 2 is 1.81 bits per heavy atom. The maximum absolute atomic E-state index is 13.8. The molecular weight excluding hydrogens is 430 g/mol. The molecule has 1 aromatic carbocycles. The van der Waals surface area contributed by atoms with Gasteiger partial charge in [0.2, 0.25) is 17.7 Å². The summed E-state index contributed by atoms with van der Waals surface area (Å²) in [5.41, 5.74) is -0.630. The van der Waals surface area contributed by atoms with E-state index >= 15 is 0 Å². The van der Waals surface area contributed by atoms with Crippen LogP contribution in [0.1, 0.15) is 44.1 Å². The van der Waals surface area contributed by atoms with E-state index in [0.717, 1.165) is 45.3 Å². The maximum atomic E-state index is 13.8. The summed E-state index contributed by atoms with van der Waals surface area (Å²) in [5.74, 6) is -0.528. The average Bonchev–Trinajstić information content (AvgIpc) is 3.39. The van der Waals surface area contributed by atoms with Crippen molar-refractivity contribution in [1.82, 2.24) is 14.7 Å². The number of likely N-dealkylation sites (tertiary alicyclic amines) is 1. The molecule has 7 nitrogen and oxygen atoms in total. The maximum Gasteiger partial charge on any atom is 0.241 e. The van der Waals surface area contributed by atoms with Crippen molar-refractivity contribution < 1.29 is 19.1 Å². The third kappa shape index (κ3) is 4.43. The third-order valence-electron chi connectivity index (χ3n) is 7.22. The molecule has 1 aromatic rings. The predicted octanol–water partition coefficient (Wildman–Crippen LogP) is 2.46. The van der Waals surface area contributed by atoms with Crippen LogP contribution in [0.2, 0.25) is 5.02 Å². The van der Waals surface area contributed by atoms with Crippen molar-refractivity contribution in [3.05, 3.63) is 34.9 Å². The van der Waals surface area contributed by atoms with E-state index in [4.69, 9.17) is 16.3 Å². The Morgan fingerprint density at radius 1 is 1.12 bits per heavy atom. The Balaban J connectivity index is 1.56. The van der Waals surface area contributed by atoms with E-state index in [0.29, 0.717) is 30.3 Å². The second-order valence-corrected chi connectivity index (χ2v) is 9.55. The minimum absolute atomic E-state index is 0.00557. The molecule has 0 unspecified atom stereocenters. The standard InChI is InChI=1S/C24H32ClN3O4/c1-32-15-14-26-10-12-27(13-11-26)21(29)16-24(19-8-4-5-9-20(19)25)17-22(30)28(23(24)31)18-6-2-3-7-18/h4-5,8-9,18H,2-3,6-7,10-17H2,1H3/t24-/m1/s1. The summed E-state index contributed by atoms with van der Waals surface area (Å²) in [6.45, 7) is 4.26. The summed E-state index contributed by atoms with van der Waals surface area (Å²) < 4.78 is 5.15. The first kappa shape index (κ1) is 23.2. The minimum atomic E-state index is -1.22. The number of benzene rings is 1. The number of carbonyl (C=O) groups excluding carboxylic acids is 3. The van der Waals surface area contributed by atoms with Gasteiger partial charge < -0.3 is 9.64 Å². The number of piperazine rings is 1. The van der Waals surface area contributed by atoms with Gasteiger partial charge in [0.15, 0.2) is 0 Å².